The molecule has 0 atom stereocenters. The van der Waals surface area contributed by atoms with Gasteiger partial charge in [-0.1, -0.05) is 96.1 Å². The minimum atomic E-state index is 0.836. The number of aliphatic imine (C=N–C) groups is 2. The summed E-state index contributed by atoms with van der Waals surface area (Å²) in [6.45, 7) is 13.0. The highest BCUT2D eigenvalue weighted by Crippen LogP contribution is 2.41. The molecule has 264 valence electrons. The number of H-pyrrole nitrogens is 2. The molecule has 6 nitrogen and oxygen atoms in total. The maximum Gasteiger partial charge on any atom is 0.139 e. The van der Waals surface area contributed by atoms with Gasteiger partial charge in [-0.3, -0.25) is 9.80 Å². The molecule has 4 aromatic carbocycles. The van der Waals surface area contributed by atoms with Crippen LogP contribution in [0.2, 0.25) is 0 Å². The van der Waals surface area contributed by atoms with E-state index in [4.69, 9.17) is 9.98 Å². The molecule has 0 saturated heterocycles. The summed E-state index contributed by atoms with van der Waals surface area (Å²) in [4.78, 5) is 23.1. The highest BCUT2D eigenvalue weighted by molar-refractivity contribution is 6.16. The zero-order valence-electron chi connectivity index (χ0n) is 31.5. The Bertz CT molecular complexity index is 2430. The quantitative estimate of drug-likeness (QED) is 0.192. The summed E-state index contributed by atoms with van der Waals surface area (Å²) in [6.07, 6.45) is 8.56. The van der Waals surface area contributed by atoms with Crippen molar-refractivity contribution in [3.8, 4) is 0 Å². The van der Waals surface area contributed by atoms with Crippen LogP contribution in [0.3, 0.4) is 0 Å². The van der Waals surface area contributed by atoms with Gasteiger partial charge < -0.3 is 9.97 Å². The average Bonchev–Trinajstić information content (AvgIpc) is 3.98. The molecule has 3 aliphatic rings. The number of fused-ring (bicyclic) bond motifs is 6. The molecule has 0 aliphatic carbocycles. The second-order valence-corrected chi connectivity index (χ2v) is 14.5. The molecule has 6 aromatic rings. The van der Waals surface area contributed by atoms with E-state index in [2.05, 4.69) is 195 Å². The van der Waals surface area contributed by atoms with Crippen molar-refractivity contribution in [1.82, 2.24) is 9.97 Å². The summed E-state index contributed by atoms with van der Waals surface area (Å²) >= 11 is 0. The van der Waals surface area contributed by atoms with E-state index in [0.29, 0.717) is 0 Å². The smallest absolute Gasteiger partial charge is 0.139 e. The van der Waals surface area contributed by atoms with Crippen LogP contribution in [0.5, 0.6) is 0 Å². The van der Waals surface area contributed by atoms with Crippen LogP contribution in [-0.2, 0) is 0 Å². The van der Waals surface area contributed by atoms with Gasteiger partial charge in [-0.2, -0.15) is 0 Å². The zero-order valence-corrected chi connectivity index (χ0v) is 31.5. The lowest BCUT2D eigenvalue weighted by molar-refractivity contribution is 1.17. The molecule has 2 N–H and O–H groups in total. The lowest BCUT2D eigenvalue weighted by Crippen LogP contribution is -2.25. The molecular formula is C48H42N6. The second-order valence-electron chi connectivity index (χ2n) is 14.5. The fourth-order valence-electron chi connectivity index (χ4n) is 8.41. The third-order valence-corrected chi connectivity index (χ3v) is 10.4. The van der Waals surface area contributed by atoms with Gasteiger partial charge in [0, 0.05) is 22.5 Å². The first-order valence-corrected chi connectivity index (χ1v) is 18.5. The number of hydrogen-bond donors (Lipinski definition) is 2. The number of allylic oxidation sites excluding steroid dienone is 2. The zero-order chi connectivity index (χ0) is 37.1. The predicted octanol–water partition coefficient (Wildman–Crippen LogP) is 11.6. The van der Waals surface area contributed by atoms with Crippen LogP contribution in [0.15, 0.2) is 155 Å². The van der Waals surface area contributed by atoms with Crippen molar-refractivity contribution in [3.63, 3.8) is 0 Å². The van der Waals surface area contributed by atoms with E-state index in [1.807, 2.05) is 0 Å². The Labute approximate surface area is 317 Å². The number of benzene rings is 4. The number of anilines is 4. The number of amidine groups is 2. The average molecular weight is 703 g/mol. The number of hydrogen-bond acceptors (Lipinski definition) is 4. The molecule has 5 heterocycles. The van der Waals surface area contributed by atoms with Crippen LogP contribution in [0.1, 0.15) is 55.9 Å². The molecule has 0 unspecified atom stereocenters. The molecule has 6 heteroatoms. The molecule has 9 rings (SSSR count). The SMILES string of the molecule is Cc1cc(C)c(N2C3=NC(=C(c4ccccc4)c4ccc([nH]4)N(c4c(C)cc(C)cc4C)C4=NC(=C(c5ccccc5)c5ccc2[nH]5)C=C4)C=C3)c(C)c1. The number of aromatic nitrogens is 2. The van der Waals surface area contributed by atoms with E-state index in [0.717, 1.165) is 79.7 Å². The van der Waals surface area contributed by atoms with Gasteiger partial charge in [0.1, 0.15) is 23.3 Å². The van der Waals surface area contributed by atoms with E-state index in [9.17, 15) is 0 Å². The monoisotopic (exact) mass is 702 g/mol. The molecule has 0 fully saturated rings. The maximum absolute atomic E-state index is 5.45. The summed E-state index contributed by atoms with van der Waals surface area (Å²) in [5.41, 5.74) is 17.3. The summed E-state index contributed by atoms with van der Waals surface area (Å²) in [7, 11) is 0. The molecule has 0 spiro atoms. The number of aryl methyl sites for hydroxylation is 6. The van der Waals surface area contributed by atoms with Crippen molar-refractivity contribution in [2.24, 2.45) is 9.98 Å². The first-order chi connectivity index (χ1) is 26.2. The minimum absolute atomic E-state index is 0.836. The van der Waals surface area contributed by atoms with Gasteiger partial charge in [-0.15, -0.1) is 0 Å². The van der Waals surface area contributed by atoms with Crippen molar-refractivity contribution in [1.29, 1.82) is 0 Å². The fourth-order valence-corrected chi connectivity index (χ4v) is 8.41. The van der Waals surface area contributed by atoms with E-state index < -0.39 is 0 Å². The Morgan fingerprint density at radius 2 is 0.796 bits per heavy atom. The van der Waals surface area contributed by atoms with E-state index in [1.165, 1.54) is 33.4 Å². The summed E-state index contributed by atoms with van der Waals surface area (Å²) < 4.78 is 0. The highest BCUT2D eigenvalue weighted by atomic mass is 15.3. The van der Waals surface area contributed by atoms with Crippen LogP contribution in [0.4, 0.5) is 23.0 Å². The molecule has 8 bridgehead atoms. The van der Waals surface area contributed by atoms with Gasteiger partial charge in [0.2, 0.25) is 0 Å². The van der Waals surface area contributed by atoms with Gasteiger partial charge in [0.05, 0.1) is 22.8 Å². The van der Waals surface area contributed by atoms with Gasteiger partial charge in [0.25, 0.3) is 0 Å². The molecule has 3 aliphatic heterocycles. The Kier molecular flexibility index (Phi) is 8.04. The second kappa shape index (κ2) is 13.1. The van der Waals surface area contributed by atoms with Crippen LogP contribution < -0.4 is 9.80 Å². The first-order valence-electron chi connectivity index (χ1n) is 18.5. The minimum Gasteiger partial charge on any atom is -0.341 e. The van der Waals surface area contributed by atoms with Crippen LogP contribution in [0, 0.1) is 41.5 Å². The standard InChI is InChI=1S/C48H42N6/c1-29-25-31(3)47(32(4)26-29)53-41-21-17-37(49-41)45(35-13-9-7-10-14-35)39-19-23-43(51-39)54(48-33(5)27-30(2)28-34(48)6)44-24-20-40(52-44)46(36-15-11-8-12-16-36)38-18-22-42(53)50-38/h7-28,49,52H,1-6H3. The predicted molar refractivity (Wildman–Crippen MR) is 225 cm³/mol. The largest absolute Gasteiger partial charge is 0.341 e. The molecule has 2 aromatic heterocycles. The number of rotatable bonds is 4. The van der Waals surface area contributed by atoms with E-state index in [1.54, 1.807) is 0 Å². The normalized spacial score (nSPS) is 15.1. The maximum atomic E-state index is 5.45. The third-order valence-electron chi connectivity index (χ3n) is 10.4. The van der Waals surface area contributed by atoms with Gasteiger partial charge >= 0.3 is 0 Å². The van der Waals surface area contributed by atoms with Crippen LogP contribution >= 0.6 is 0 Å². The van der Waals surface area contributed by atoms with E-state index in [-0.39, 0.29) is 0 Å². The fraction of sp³-hybridized carbons (Fsp3) is 0.125. The van der Waals surface area contributed by atoms with Crippen molar-refractivity contribution >= 4 is 45.8 Å². The van der Waals surface area contributed by atoms with Crippen molar-refractivity contribution in [2.75, 3.05) is 9.80 Å². The van der Waals surface area contributed by atoms with Crippen molar-refractivity contribution in [3.05, 3.63) is 201 Å². The first kappa shape index (κ1) is 33.2. The van der Waals surface area contributed by atoms with E-state index >= 15 is 0 Å². The Balaban J connectivity index is 1.36. The Hall–Kier alpha value is -6.66. The van der Waals surface area contributed by atoms with Crippen molar-refractivity contribution in [2.45, 2.75) is 41.5 Å². The molecule has 0 radical (unpaired) electrons. The molecular weight excluding hydrogens is 661 g/mol. The van der Waals surface area contributed by atoms with Crippen LogP contribution in [0.25, 0.3) is 11.1 Å². The topological polar surface area (TPSA) is 62.8 Å². The molecule has 0 saturated carbocycles. The lowest BCUT2D eigenvalue weighted by Gasteiger charge is -2.27. The summed E-state index contributed by atoms with van der Waals surface area (Å²) in [5.74, 6) is 3.52. The Morgan fingerprint density at radius 1 is 0.426 bits per heavy atom. The van der Waals surface area contributed by atoms with Crippen LogP contribution in [-0.4, -0.2) is 21.6 Å². The summed E-state index contributed by atoms with van der Waals surface area (Å²) in [6, 6.07) is 38.7. The lowest BCUT2D eigenvalue weighted by atomic mass is 10.0. The van der Waals surface area contributed by atoms with Gasteiger partial charge in [-0.05, 0) is 123 Å². The highest BCUT2D eigenvalue weighted by Gasteiger charge is 2.29. The summed E-state index contributed by atoms with van der Waals surface area (Å²) in [5, 5.41) is 0. The third kappa shape index (κ3) is 5.67. The number of aromatic amines is 2. The Morgan fingerprint density at radius 3 is 1.17 bits per heavy atom. The van der Waals surface area contributed by atoms with Gasteiger partial charge in [0.15, 0.2) is 0 Å². The number of nitrogens with zero attached hydrogens (tertiary/aromatic N) is 4. The molecule has 54 heavy (non-hydrogen) atoms. The van der Waals surface area contributed by atoms with Gasteiger partial charge in [-0.25, -0.2) is 9.98 Å². The number of nitrogens with one attached hydrogen (secondary N) is 2. The molecule has 0 amide bonds. The van der Waals surface area contributed by atoms with Crippen molar-refractivity contribution < 1.29 is 0 Å².